The van der Waals surface area contributed by atoms with Gasteiger partial charge in [0.25, 0.3) is 5.91 Å². The Morgan fingerprint density at radius 1 is 1.15 bits per heavy atom. The topological polar surface area (TPSA) is 34.4 Å². The van der Waals surface area contributed by atoms with Crippen LogP contribution in [0, 0.1) is 12.3 Å². The molecule has 1 heterocycles. The molecule has 0 aliphatic rings. The molecule has 0 N–H and O–H groups in total. The van der Waals surface area contributed by atoms with Crippen molar-refractivity contribution >= 4 is 54.2 Å². The maximum Gasteiger partial charge on any atom is 0.252 e. The Labute approximate surface area is 169 Å². The molecule has 3 nitrogen and oxygen atoms in total. The van der Waals surface area contributed by atoms with Crippen molar-refractivity contribution in [1.29, 1.82) is 0 Å². The number of benzene rings is 3. The molecule has 132 valence electrons. The van der Waals surface area contributed by atoms with E-state index in [0.29, 0.717) is 11.3 Å². The highest BCUT2D eigenvalue weighted by Crippen LogP contribution is 2.22. The van der Waals surface area contributed by atoms with E-state index in [0.717, 1.165) is 31.0 Å². The molecule has 0 saturated carbocycles. The van der Waals surface area contributed by atoms with Crippen LogP contribution >= 0.6 is 27.3 Å². The predicted molar refractivity (Wildman–Crippen MR) is 115 cm³/mol. The molecule has 0 radical (unpaired) electrons. The monoisotopic (exact) mass is 434 g/mol. The lowest BCUT2D eigenvalue weighted by molar-refractivity contribution is -0.117. The van der Waals surface area contributed by atoms with Gasteiger partial charge in [0, 0.05) is 4.47 Å². The zero-order valence-corrected chi connectivity index (χ0v) is 16.8. The standard InChI is InChI=1S/C22H15BrN2OS/c1-2-12-25-19-11-10-17(23)14-20(19)27-22(25)24-21(26)13-16-8-5-7-15-6-3-4-9-18(15)16/h1,3-11,14H,12-13H2. The van der Waals surface area contributed by atoms with E-state index in [1.807, 2.05) is 65.2 Å². The van der Waals surface area contributed by atoms with Crippen molar-refractivity contribution in [3.63, 3.8) is 0 Å². The fraction of sp³-hybridized carbons (Fsp3) is 0.0909. The van der Waals surface area contributed by atoms with Crippen molar-refractivity contribution in [3.8, 4) is 12.3 Å². The number of carbonyl (C=O) groups excluding carboxylic acids is 1. The van der Waals surface area contributed by atoms with Gasteiger partial charge in [0.05, 0.1) is 23.2 Å². The van der Waals surface area contributed by atoms with Crippen LogP contribution in [0.5, 0.6) is 0 Å². The molecule has 0 bridgehead atoms. The van der Waals surface area contributed by atoms with E-state index in [-0.39, 0.29) is 12.3 Å². The fourth-order valence-corrected chi connectivity index (χ4v) is 4.73. The predicted octanol–water partition coefficient (Wildman–Crippen LogP) is 4.92. The van der Waals surface area contributed by atoms with E-state index in [1.54, 1.807) is 0 Å². The van der Waals surface area contributed by atoms with Crippen molar-refractivity contribution in [1.82, 2.24) is 4.57 Å². The van der Waals surface area contributed by atoms with E-state index in [1.165, 1.54) is 11.3 Å². The van der Waals surface area contributed by atoms with Gasteiger partial charge in [0.1, 0.15) is 0 Å². The highest BCUT2D eigenvalue weighted by Gasteiger charge is 2.10. The molecule has 3 aromatic carbocycles. The molecule has 1 aromatic heterocycles. The van der Waals surface area contributed by atoms with Gasteiger partial charge in [-0.15, -0.1) is 6.42 Å². The Bertz CT molecular complexity index is 1270. The second-order valence-corrected chi connectivity index (χ2v) is 8.03. The summed E-state index contributed by atoms with van der Waals surface area (Å²) in [7, 11) is 0. The maximum absolute atomic E-state index is 12.7. The smallest absolute Gasteiger partial charge is 0.252 e. The quantitative estimate of drug-likeness (QED) is 0.421. The number of thiazole rings is 1. The molecule has 1 amide bonds. The fourth-order valence-electron chi connectivity index (χ4n) is 3.13. The summed E-state index contributed by atoms with van der Waals surface area (Å²) in [6, 6.07) is 20.0. The largest absolute Gasteiger partial charge is 0.305 e. The van der Waals surface area contributed by atoms with Crippen LogP contribution in [0.25, 0.3) is 21.0 Å². The molecule has 0 fully saturated rings. The number of hydrogen-bond donors (Lipinski definition) is 0. The van der Waals surface area contributed by atoms with Crippen LogP contribution < -0.4 is 4.80 Å². The summed E-state index contributed by atoms with van der Waals surface area (Å²) in [5.41, 5.74) is 1.96. The van der Waals surface area contributed by atoms with Crippen molar-refractivity contribution in [2.75, 3.05) is 0 Å². The first-order chi connectivity index (χ1) is 13.2. The average Bonchev–Trinajstić information content (AvgIpc) is 2.98. The number of aromatic nitrogens is 1. The minimum Gasteiger partial charge on any atom is -0.305 e. The van der Waals surface area contributed by atoms with Crippen LogP contribution in [0.1, 0.15) is 5.56 Å². The van der Waals surface area contributed by atoms with Crippen molar-refractivity contribution in [3.05, 3.63) is 75.5 Å². The summed E-state index contributed by atoms with van der Waals surface area (Å²) in [6.45, 7) is 0.377. The molecule has 0 spiro atoms. The summed E-state index contributed by atoms with van der Waals surface area (Å²) in [6.07, 6.45) is 5.78. The lowest BCUT2D eigenvalue weighted by Crippen LogP contribution is -2.17. The Balaban J connectivity index is 1.76. The van der Waals surface area contributed by atoms with E-state index in [4.69, 9.17) is 6.42 Å². The SMILES string of the molecule is C#CCn1c(=NC(=O)Cc2cccc3ccccc23)sc2cc(Br)ccc21. The molecule has 0 aliphatic heterocycles. The molecule has 27 heavy (non-hydrogen) atoms. The number of nitrogens with zero attached hydrogens (tertiary/aromatic N) is 2. The van der Waals surface area contributed by atoms with E-state index >= 15 is 0 Å². The Hall–Kier alpha value is -2.68. The van der Waals surface area contributed by atoms with Crippen LogP contribution in [0.3, 0.4) is 0 Å². The van der Waals surface area contributed by atoms with Crippen LogP contribution in [0.15, 0.2) is 70.1 Å². The number of terminal acetylenes is 1. The molecular weight excluding hydrogens is 420 g/mol. The molecule has 0 saturated heterocycles. The van der Waals surface area contributed by atoms with Gasteiger partial charge in [-0.05, 0) is 34.5 Å². The van der Waals surface area contributed by atoms with Crippen LogP contribution in [-0.4, -0.2) is 10.5 Å². The maximum atomic E-state index is 12.7. The van der Waals surface area contributed by atoms with Crippen molar-refractivity contribution in [2.24, 2.45) is 4.99 Å². The van der Waals surface area contributed by atoms with Gasteiger partial charge >= 0.3 is 0 Å². The summed E-state index contributed by atoms with van der Waals surface area (Å²) < 4.78 is 3.93. The first kappa shape index (κ1) is 17.7. The minimum absolute atomic E-state index is 0.178. The average molecular weight is 435 g/mol. The zero-order valence-electron chi connectivity index (χ0n) is 14.4. The molecular formula is C22H15BrN2OS. The third-order valence-corrected chi connectivity index (χ3v) is 5.87. The summed E-state index contributed by atoms with van der Waals surface area (Å²) in [4.78, 5) is 17.7. The molecule has 5 heteroatoms. The number of rotatable bonds is 3. The third kappa shape index (κ3) is 3.59. The molecule has 4 aromatic rings. The molecule has 0 aliphatic carbocycles. The van der Waals surface area contributed by atoms with Gasteiger partial charge in [-0.3, -0.25) is 4.79 Å². The Morgan fingerprint density at radius 3 is 2.81 bits per heavy atom. The van der Waals surface area contributed by atoms with Crippen LogP contribution in [0.4, 0.5) is 0 Å². The molecule has 0 unspecified atom stereocenters. The van der Waals surface area contributed by atoms with Gasteiger partial charge in [-0.2, -0.15) is 4.99 Å². The van der Waals surface area contributed by atoms with Crippen molar-refractivity contribution in [2.45, 2.75) is 13.0 Å². The second-order valence-electron chi connectivity index (χ2n) is 6.11. The highest BCUT2D eigenvalue weighted by atomic mass is 79.9. The van der Waals surface area contributed by atoms with E-state index < -0.39 is 0 Å². The lowest BCUT2D eigenvalue weighted by Gasteiger charge is -2.04. The third-order valence-electron chi connectivity index (χ3n) is 4.34. The van der Waals surface area contributed by atoms with Gasteiger partial charge in [-0.25, -0.2) is 0 Å². The summed E-state index contributed by atoms with van der Waals surface area (Å²) >= 11 is 4.95. The normalized spacial score (nSPS) is 11.8. The van der Waals surface area contributed by atoms with Crippen LogP contribution in [0.2, 0.25) is 0 Å². The first-order valence-corrected chi connectivity index (χ1v) is 10.0. The van der Waals surface area contributed by atoms with Gasteiger partial charge in [-0.1, -0.05) is 75.7 Å². The highest BCUT2D eigenvalue weighted by molar-refractivity contribution is 9.10. The number of fused-ring (bicyclic) bond motifs is 2. The molecule has 0 atom stereocenters. The number of hydrogen-bond acceptors (Lipinski definition) is 2. The Morgan fingerprint density at radius 2 is 1.96 bits per heavy atom. The number of amides is 1. The first-order valence-electron chi connectivity index (χ1n) is 8.42. The Kier molecular flexibility index (Phi) is 4.93. The van der Waals surface area contributed by atoms with Gasteiger partial charge < -0.3 is 4.57 Å². The summed E-state index contributed by atoms with van der Waals surface area (Å²) in [5, 5.41) is 2.21. The number of halogens is 1. The summed E-state index contributed by atoms with van der Waals surface area (Å²) in [5.74, 6) is 2.47. The number of carbonyl (C=O) groups is 1. The van der Waals surface area contributed by atoms with E-state index in [2.05, 4.69) is 26.8 Å². The second kappa shape index (κ2) is 7.51. The zero-order chi connectivity index (χ0) is 18.8. The van der Waals surface area contributed by atoms with E-state index in [9.17, 15) is 4.79 Å². The van der Waals surface area contributed by atoms with Gasteiger partial charge in [0.15, 0.2) is 4.80 Å². The van der Waals surface area contributed by atoms with Crippen LogP contribution in [-0.2, 0) is 17.8 Å². The molecule has 4 rings (SSSR count). The minimum atomic E-state index is -0.178. The lowest BCUT2D eigenvalue weighted by atomic mass is 10.0. The van der Waals surface area contributed by atoms with Crippen molar-refractivity contribution < 1.29 is 4.79 Å². The van der Waals surface area contributed by atoms with Gasteiger partial charge in [0.2, 0.25) is 0 Å².